The van der Waals surface area contributed by atoms with Crippen LogP contribution >= 0.6 is 0 Å². The quantitative estimate of drug-likeness (QED) is 0.830. The predicted molar refractivity (Wildman–Crippen MR) is 70.9 cm³/mol. The summed E-state index contributed by atoms with van der Waals surface area (Å²) in [5.74, 6) is -0.00186. The van der Waals surface area contributed by atoms with Gasteiger partial charge in [0, 0.05) is 12.6 Å². The molecule has 0 heterocycles. The molecule has 0 aliphatic carbocycles. The number of rotatable bonds is 5. The van der Waals surface area contributed by atoms with Crippen LogP contribution in [0.5, 0.6) is 0 Å². The van der Waals surface area contributed by atoms with Gasteiger partial charge in [-0.2, -0.15) is 5.26 Å². The van der Waals surface area contributed by atoms with E-state index in [-0.39, 0.29) is 18.0 Å². The van der Waals surface area contributed by atoms with E-state index in [0.29, 0.717) is 12.1 Å². The van der Waals surface area contributed by atoms with Gasteiger partial charge in [-0.05, 0) is 38.5 Å². The molecule has 0 fully saturated rings. The van der Waals surface area contributed by atoms with Gasteiger partial charge in [0.25, 0.3) is 0 Å². The maximum Gasteiger partial charge on any atom is 0.236 e. The lowest BCUT2D eigenvalue weighted by atomic mass is 10.1. The number of carbonyl (C=O) groups is 1. The highest BCUT2D eigenvalue weighted by Crippen LogP contribution is 2.13. The number of nitrogens with zero attached hydrogens (tertiary/aromatic N) is 1. The maximum absolute atomic E-state index is 11.6. The zero-order valence-electron chi connectivity index (χ0n) is 11.0. The molecule has 0 bridgehead atoms. The summed E-state index contributed by atoms with van der Waals surface area (Å²) in [5, 5.41) is 14.7. The van der Waals surface area contributed by atoms with Crippen LogP contribution in [0.3, 0.4) is 0 Å². The van der Waals surface area contributed by atoms with Gasteiger partial charge in [0.1, 0.15) is 0 Å². The fourth-order valence-electron chi connectivity index (χ4n) is 1.72. The monoisotopic (exact) mass is 245 g/mol. The molecule has 0 saturated carbocycles. The normalized spacial score (nSPS) is 13.4. The van der Waals surface area contributed by atoms with Crippen molar-refractivity contribution < 1.29 is 4.79 Å². The minimum Gasteiger partial charge on any atom is -0.355 e. The molecular formula is C14H19N3O. The minimum absolute atomic E-state index is 0.00186. The van der Waals surface area contributed by atoms with Gasteiger partial charge in [-0.3, -0.25) is 10.1 Å². The van der Waals surface area contributed by atoms with Gasteiger partial charge in [0.05, 0.1) is 17.7 Å². The zero-order valence-corrected chi connectivity index (χ0v) is 11.0. The Morgan fingerprint density at radius 2 is 1.94 bits per heavy atom. The number of nitriles is 1. The Morgan fingerprint density at radius 1 is 1.33 bits per heavy atom. The molecule has 0 spiro atoms. The minimum atomic E-state index is -0.240. The Kier molecular flexibility index (Phi) is 5.34. The average molecular weight is 245 g/mol. The first-order chi connectivity index (χ1) is 8.58. The van der Waals surface area contributed by atoms with Crippen LogP contribution in [-0.4, -0.2) is 18.5 Å². The molecule has 1 aromatic rings. The summed E-state index contributed by atoms with van der Waals surface area (Å²) in [4.78, 5) is 11.6. The summed E-state index contributed by atoms with van der Waals surface area (Å²) in [6, 6.07) is 9.28. The first kappa shape index (κ1) is 14.2. The van der Waals surface area contributed by atoms with Crippen LogP contribution in [0, 0.1) is 11.3 Å². The zero-order chi connectivity index (χ0) is 13.5. The summed E-state index contributed by atoms with van der Waals surface area (Å²) in [6.07, 6.45) is 0. The summed E-state index contributed by atoms with van der Waals surface area (Å²) in [5.41, 5.74) is 1.70. The summed E-state index contributed by atoms with van der Waals surface area (Å²) in [6.45, 7) is 6.37. The van der Waals surface area contributed by atoms with Crippen LogP contribution in [-0.2, 0) is 4.79 Å². The van der Waals surface area contributed by atoms with Crippen molar-refractivity contribution in [2.24, 2.45) is 0 Å². The number of nitrogens with one attached hydrogen (secondary N) is 2. The van der Waals surface area contributed by atoms with E-state index >= 15 is 0 Å². The molecule has 0 radical (unpaired) electrons. The van der Waals surface area contributed by atoms with E-state index in [9.17, 15) is 4.79 Å². The van der Waals surface area contributed by atoms with E-state index < -0.39 is 0 Å². The third kappa shape index (κ3) is 3.86. The summed E-state index contributed by atoms with van der Waals surface area (Å²) in [7, 11) is 0. The molecule has 4 heteroatoms. The van der Waals surface area contributed by atoms with Crippen LogP contribution in [0.15, 0.2) is 24.3 Å². The number of likely N-dealkylation sites (N-methyl/N-ethyl adjacent to an activating group) is 1. The molecule has 2 unspecified atom stereocenters. The van der Waals surface area contributed by atoms with Gasteiger partial charge < -0.3 is 5.32 Å². The van der Waals surface area contributed by atoms with Crippen molar-refractivity contribution in [2.45, 2.75) is 32.9 Å². The number of amides is 1. The first-order valence-corrected chi connectivity index (χ1v) is 6.12. The molecule has 4 nitrogen and oxygen atoms in total. The molecule has 96 valence electrons. The summed E-state index contributed by atoms with van der Waals surface area (Å²) < 4.78 is 0. The Labute approximate surface area is 108 Å². The van der Waals surface area contributed by atoms with E-state index in [4.69, 9.17) is 5.26 Å². The number of hydrogen-bond acceptors (Lipinski definition) is 3. The van der Waals surface area contributed by atoms with Crippen molar-refractivity contribution in [1.82, 2.24) is 10.6 Å². The van der Waals surface area contributed by atoms with Crippen LogP contribution < -0.4 is 10.6 Å². The van der Waals surface area contributed by atoms with E-state index in [2.05, 4.69) is 16.7 Å². The van der Waals surface area contributed by atoms with Gasteiger partial charge in [0.2, 0.25) is 5.91 Å². The number of hydrogen-bond donors (Lipinski definition) is 2. The second-order valence-corrected chi connectivity index (χ2v) is 4.24. The van der Waals surface area contributed by atoms with Crippen molar-refractivity contribution in [1.29, 1.82) is 5.26 Å². The molecular weight excluding hydrogens is 226 g/mol. The molecule has 18 heavy (non-hydrogen) atoms. The molecule has 2 atom stereocenters. The third-order valence-corrected chi connectivity index (χ3v) is 2.78. The van der Waals surface area contributed by atoms with Crippen molar-refractivity contribution in [3.05, 3.63) is 35.4 Å². The highest BCUT2D eigenvalue weighted by Gasteiger charge is 2.15. The Balaban J connectivity index is 2.61. The largest absolute Gasteiger partial charge is 0.355 e. The predicted octanol–water partition coefficient (Wildman–Crippen LogP) is 1.73. The molecule has 1 aromatic carbocycles. The summed E-state index contributed by atoms with van der Waals surface area (Å²) >= 11 is 0. The van der Waals surface area contributed by atoms with Gasteiger partial charge in [0.15, 0.2) is 0 Å². The molecule has 1 amide bonds. The fourth-order valence-corrected chi connectivity index (χ4v) is 1.72. The topological polar surface area (TPSA) is 64.9 Å². The van der Waals surface area contributed by atoms with Gasteiger partial charge >= 0.3 is 0 Å². The first-order valence-electron chi connectivity index (χ1n) is 6.12. The van der Waals surface area contributed by atoms with Crippen LogP contribution in [0.25, 0.3) is 0 Å². The Morgan fingerprint density at radius 3 is 2.44 bits per heavy atom. The highest BCUT2D eigenvalue weighted by atomic mass is 16.2. The van der Waals surface area contributed by atoms with Gasteiger partial charge in [-0.25, -0.2) is 0 Å². The van der Waals surface area contributed by atoms with Crippen LogP contribution in [0.4, 0.5) is 0 Å². The second kappa shape index (κ2) is 6.77. The van der Waals surface area contributed by atoms with Gasteiger partial charge in [-0.1, -0.05) is 12.1 Å². The van der Waals surface area contributed by atoms with Crippen molar-refractivity contribution in [2.75, 3.05) is 6.54 Å². The number of carbonyl (C=O) groups excluding carboxylic acids is 1. The van der Waals surface area contributed by atoms with Crippen molar-refractivity contribution in [3.63, 3.8) is 0 Å². The second-order valence-electron chi connectivity index (χ2n) is 4.24. The SMILES string of the molecule is CCNC(=O)C(C)NC(C)c1ccc(C#N)cc1. The van der Waals surface area contributed by atoms with Crippen LogP contribution in [0.1, 0.15) is 37.9 Å². The molecule has 2 N–H and O–H groups in total. The maximum atomic E-state index is 11.6. The fraction of sp³-hybridized carbons (Fsp3) is 0.429. The van der Waals surface area contributed by atoms with E-state index in [1.807, 2.05) is 32.9 Å². The van der Waals surface area contributed by atoms with E-state index in [1.54, 1.807) is 12.1 Å². The number of benzene rings is 1. The molecule has 0 saturated heterocycles. The smallest absolute Gasteiger partial charge is 0.236 e. The molecule has 0 aliphatic heterocycles. The molecule has 0 aromatic heterocycles. The van der Waals surface area contributed by atoms with Crippen molar-refractivity contribution in [3.8, 4) is 6.07 Å². The van der Waals surface area contributed by atoms with Crippen molar-refractivity contribution >= 4 is 5.91 Å². The third-order valence-electron chi connectivity index (χ3n) is 2.78. The Bertz CT molecular complexity index is 433. The van der Waals surface area contributed by atoms with E-state index in [0.717, 1.165) is 5.56 Å². The molecule has 1 rings (SSSR count). The average Bonchev–Trinajstić information content (AvgIpc) is 2.39. The van der Waals surface area contributed by atoms with Gasteiger partial charge in [-0.15, -0.1) is 0 Å². The lowest BCUT2D eigenvalue weighted by Crippen LogP contribution is -2.43. The molecule has 0 aliphatic rings. The lowest BCUT2D eigenvalue weighted by Gasteiger charge is -2.19. The van der Waals surface area contributed by atoms with Crippen LogP contribution in [0.2, 0.25) is 0 Å². The lowest BCUT2D eigenvalue weighted by molar-refractivity contribution is -0.122. The van der Waals surface area contributed by atoms with E-state index in [1.165, 1.54) is 0 Å². The highest BCUT2D eigenvalue weighted by molar-refractivity contribution is 5.81. The Hall–Kier alpha value is -1.86. The standard InChI is InChI=1S/C14H19N3O/c1-4-16-14(18)11(3)17-10(2)13-7-5-12(9-15)6-8-13/h5-8,10-11,17H,4H2,1-3H3,(H,16,18).